The van der Waals surface area contributed by atoms with Gasteiger partial charge in [-0.2, -0.15) is 0 Å². The molecule has 0 saturated carbocycles. The highest BCUT2D eigenvalue weighted by molar-refractivity contribution is 5.95. The molecule has 0 aliphatic carbocycles. The van der Waals surface area contributed by atoms with Crippen LogP contribution in [0, 0.1) is 0 Å². The van der Waals surface area contributed by atoms with Crippen LogP contribution in [-0.4, -0.2) is 50.2 Å². The predicted octanol–water partition coefficient (Wildman–Crippen LogP) is 5.33. The molecule has 2 saturated heterocycles. The van der Waals surface area contributed by atoms with Gasteiger partial charge in [-0.15, -0.1) is 0 Å². The Kier molecular flexibility index (Phi) is 6.00. The molecule has 0 spiro atoms. The van der Waals surface area contributed by atoms with Gasteiger partial charge in [0.05, 0.1) is 6.61 Å². The first kappa shape index (κ1) is 19.4. The van der Waals surface area contributed by atoms with Crippen molar-refractivity contribution >= 4 is 16.5 Å². The van der Waals surface area contributed by atoms with Crippen molar-refractivity contribution in [3.63, 3.8) is 0 Å². The van der Waals surface area contributed by atoms with Gasteiger partial charge in [-0.25, -0.2) is 8.78 Å². The average molecular weight is 389 g/mol. The molecule has 0 bridgehead atoms. The summed E-state index contributed by atoms with van der Waals surface area (Å²) in [4.78, 5) is 4.61. The van der Waals surface area contributed by atoms with Gasteiger partial charge in [-0.05, 0) is 62.0 Å². The van der Waals surface area contributed by atoms with E-state index in [1.165, 1.54) is 32.4 Å². The molecule has 2 aromatic rings. The third kappa shape index (κ3) is 4.75. The molecule has 0 unspecified atom stereocenters. The first-order valence-corrected chi connectivity index (χ1v) is 10.6. The molecular formula is C23H30F2N2O. The van der Waals surface area contributed by atoms with Gasteiger partial charge >= 0.3 is 0 Å². The fourth-order valence-corrected chi connectivity index (χ4v) is 4.35. The Labute approximate surface area is 166 Å². The van der Waals surface area contributed by atoms with Gasteiger partial charge in [-0.3, -0.25) is 0 Å². The number of hydrogen-bond donors (Lipinski definition) is 0. The van der Waals surface area contributed by atoms with Crippen LogP contribution in [0.2, 0.25) is 0 Å². The van der Waals surface area contributed by atoms with Crippen molar-refractivity contribution in [1.82, 2.24) is 4.90 Å². The molecule has 2 aliphatic heterocycles. The number of fused-ring (bicyclic) bond motifs is 1. The van der Waals surface area contributed by atoms with E-state index in [1.807, 2.05) is 18.2 Å². The zero-order chi connectivity index (χ0) is 19.4. The number of anilines is 1. The largest absolute Gasteiger partial charge is 0.494 e. The minimum atomic E-state index is -2.52. The van der Waals surface area contributed by atoms with Crippen molar-refractivity contribution in [2.24, 2.45) is 0 Å². The van der Waals surface area contributed by atoms with Crippen LogP contribution in [0.25, 0.3) is 10.8 Å². The molecule has 3 nitrogen and oxygen atoms in total. The molecule has 2 aromatic carbocycles. The zero-order valence-electron chi connectivity index (χ0n) is 16.5. The Morgan fingerprint density at radius 2 is 1.71 bits per heavy atom. The fraction of sp³-hybridized carbons (Fsp3) is 0.565. The quantitative estimate of drug-likeness (QED) is 0.622. The molecule has 2 fully saturated rings. The maximum Gasteiger partial charge on any atom is 0.251 e. The van der Waals surface area contributed by atoms with Crippen LogP contribution in [0.3, 0.4) is 0 Å². The third-order valence-corrected chi connectivity index (χ3v) is 6.00. The summed E-state index contributed by atoms with van der Waals surface area (Å²) in [5.74, 6) is -1.63. The molecule has 0 atom stereocenters. The summed E-state index contributed by atoms with van der Waals surface area (Å²) in [5, 5.41) is 2.21. The molecule has 28 heavy (non-hydrogen) atoms. The van der Waals surface area contributed by atoms with E-state index in [-0.39, 0.29) is 12.8 Å². The van der Waals surface area contributed by atoms with E-state index >= 15 is 0 Å². The average Bonchev–Trinajstić information content (AvgIpc) is 2.71. The van der Waals surface area contributed by atoms with E-state index in [2.05, 4.69) is 28.0 Å². The maximum absolute atomic E-state index is 13.5. The first-order valence-electron chi connectivity index (χ1n) is 10.6. The number of halogens is 2. The van der Waals surface area contributed by atoms with Crippen molar-refractivity contribution in [1.29, 1.82) is 0 Å². The lowest BCUT2D eigenvalue weighted by Crippen LogP contribution is -2.39. The normalized spacial score (nSPS) is 20.4. The van der Waals surface area contributed by atoms with Gasteiger partial charge < -0.3 is 14.5 Å². The Bertz CT molecular complexity index is 779. The summed E-state index contributed by atoms with van der Waals surface area (Å²) in [7, 11) is 0. The predicted molar refractivity (Wildman–Crippen MR) is 111 cm³/mol. The molecule has 5 heteroatoms. The van der Waals surface area contributed by atoms with Crippen molar-refractivity contribution in [2.45, 2.75) is 44.4 Å². The van der Waals surface area contributed by atoms with Gasteiger partial charge in [0.15, 0.2) is 0 Å². The molecule has 0 aromatic heterocycles. The molecule has 0 N–H and O–H groups in total. The van der Waals surface area contributed by atoms with Crippen molar-refractivity contribution in [3.8, 4) is 5.75 Å². The molecule has 152 valence electrons. The van der Waals surface area contributed by atoms with Gasteiger partial charge in [0.25, 0.3) is 5.92 Å². The topological polar surface area (TPSA) is 15.7 Å². The number of benzene rings is 2. The molecule has 4 rings (SSSR count). The van der Waals surface area contributed by atoms with E-state index in [0.29, 0.717) is 13.1 Å². The Hall–Kier alpha value is -1.88. The summed E-state index contributed by atoms with van der Waals surface area (Å²) >= 11 is 0. The van der Waals surface area contributed by atoms with Crippen molar-refractivity contribution < 1.29 is 13.5 Å². The second-order valence-electron chi connectivity index (χ2n) is 8.11. The third-order valence-electron chi connectivity index (χ3n) is 6.00. The van der Waals surface area contributed by atoms with Crippen LogP contribution in [-0.2, 0) is 0 Å². The Balaban J connectivity index is 1.36. The molecule has 0 amide bonds. The Morgan fingerprint density at radius 3 is 2.50 bits per heavy atom. The standard InChI is InChI=1S/C23H30F2N2O/c24-23(25)10-15-27(16-11-23)22-7-4-6-19-18-20(8-9-21(19)22)28-17-5-14-26-12-2-1-3-13-26/h4,6-9,18H,1-3,5,10-17H2. The van der Waals surface area contributed by atoms with Crippen LogP contribution in [0.5, 0.6) is 5.75 Å². The lowest BCUT2D eigenvalue weighted by Gasteiger charge is -2.34. The second kappa shape index (κ2) is 8.64. The van der Waals surface area contributed by atoms with Crippen LogP contribution in [0.4, 0.5) is 14.5 Å². The highest BCUT2D eigenvalue weighted by atomic mass is 19.3. The number of alkyl halides is 2. The van der Waals surface area contributed by atoms with Crippen molar-refractivity contribution in [2.75, 3.05) is 44.2 Å². The number of nitrogens with zero attached hydrogens (tertiary/aromatic N) is 2. The van der Waals surface area contributed by atoms with Gasteiger partial charge in [0.1, 0.15) is 5.75 Å². The fourth-order valence-electron chi connectivity index (χ4n) is 4.35. The van der Waals surface area contributed by atoms with E-state index in [0.717, 1.165) is 41.8 Å². The van der Waals surface area contributed by atoms with Crippen LogP contribution in [0.15, 0.2) is 36.4 Å². The highest BCUT2D eigenvalue weighted by Gasteiger charge is 2.34. The summed E-state index contributed by atoms with van der Waals surface area (Å²) in [6.07, 6.45) is 4.92. The lowest BCUT2D eigenvalue weighted by atomic mass is 10.0. The van der Waals surface area contributed by atoms with Crippen molar-refractivity contribution in [3.05, 3.63) is 36.4 Å². The first-order chi connectivity index (χ1) is 13.6. The zero-order valence-corrected chi connectivity index (χ0v) is 16.5. The van der Waals surface area contributed by atoms with E-state index < -0.39 is 5.92 Å². The number of piperidine rings is 2. The highest BCUT2D eigenvalue weighted by Crippen LogP contribution is 2.35. The molecule has 0 radical (unpaired) electrons. The van der Waals surface area contributed by atoms with Gasteiger partial charge in [-0.1, -0.05) is 18.6 Å². The van der Waals surface area contributed by atoms with Crippen LogP contribution in [0.1, 0.15) is 38.5 Å². The molecular weight excluding hydrogens is 358 g/mol. The smallest absolute Gasteiger partial charge is 0.251 e. The van der Waals surface area contributed by atoms with Gasteiger partial charge in [0, 0.05) is 43.5 Å². The minimum absolute atomic E-state index is 0.0679. The monoisotopic (exact) mass is 388 g/mol. The molecule has 2 heterocycles. The van der Waals surface area contributed by atoms with Crippen LogP contribution >= 0.6 is 0 Å². The van der Waals surface area contributed by atoms with Crippen LogP contribution < -0.4 is 9.64 Å². The SMILES string of the molecule is FC1(F)CCN(c2cccc3cc(OCCCN4CCCCC4)ccc23)CC1. The molecule has 2 aliphatic rings. The van der Waals surface area contributed by atoms with Gasteiger partial charge in [0.2, 0.25) is 0 Å². The maximum atomic E-state index is 13.5. The summed E-state index contributed by atoms with van der Waals surface area (Å²) in [6.45, 7) is 5.09. The number of hydrogen-bond acceptors (Lipinski definition) is 3. The summed E-state index contributed by atoms with van der Waals surface area (Å²) in [5.41, 5.74) is 1.05. The number of likely N-dealkylation sites (tertiary alicyclic amines) is 1. The summed E-state index contributed by atoms with van der Waals surface area (Å²) < 4.78 is 32.9. The Morgan fingerprint density at radius 1 is 0.929 bits per heavy atom. The van der Waals surface area contributed by atoms with E-state index in [9.17, 15) is 8.78 Å². The van der Waals surface area contributed by atoms with E-state index in [4.69, 9.17) is 4.74 Å². The lowest BCUT2D eigenvalue weighted by molar-refractivity contribution is -0.0220. The summed E-state index contributed by atoms with van der Waals surface area (Å²) in [6, 6.07) is 12.2. The minimum Gasteiger partial charge on any atom is -0.494 e. The number of rotatable bonds is 6. The van der Waals surface area contributed by atoms with E-state index in [1.54, 1.807) is 0 Å². The second-order valence-corrected chi connectivity index (χ2v) is 8.11. The number of ether oxygens (including phenoxy) is 1.